The molecule has 0 unspecified atom stereocenters. The third-order valence-electron chi connectivity index (χ3n) is 5.15. The second-order valence-electron chi connectivity index (χ2n) is 8.07. The van der Waals surface area contributed by atoms with Crippen LogP contribution >= 0.6 is 0 Å². The van der Waals surface area contributed by atoms with Gasteiger partial charge in [-0.2, -0.15) is 0 Å². The highest BCUT2D eigenvalue weighted by Crippen LogP contribution is 2.30. The molecule has 0 atom stereocenters. The molecule has 5 heteroatoms. The van der Waals surface area contributed by atoms with Crippen molar-refractivity contribution >= 4 is 32.8 Å². The van der Waals surface area contributed by atoms with Crippen LogP contribution < -0.4 is 0 Å². The molecule has 0 aromatic heterocycles. The lowest BCUT2D eigenvalue weighted by Crippen LogP contribution is -2.46. The van der Waals surface area contributed by atoms with Crippen LogP contribution in [0.4, 0.5) is 0 Å². The van der Waals surface area contributed by atoms with Crippen molar-refractivity contribution < 1.29 is 4.12 Å². The molecular formula is C20H38OSi4. The summed E-state index contributed by atoms with van der Waals surface area (Å²) in [5, 5.41) is 0. The maximum Gasteiger partial charge on any atom is 0.173 e. The monoisotopic (exact) mass is 406 g/mol. The topological polar surface area (TPSA) is 9.23 Å². The standard InChI is InChI=1S/C20H38OSi4/c1-11-24(12-2,13-3)19-17-22(7,8)21-23(9,10)18-20-25(14-4,15-5)16-6/h11-16H,1-6,17-20H2,7-10H3. The average Bonchev–Trinajstić information content (AvgIpc) is 2.57. The molecule has 0 N–H and O–H groups in total. The van der Waals surface area contributed by atoms with Gasteiger partial charge in [-0.3, -0.25) is 0 Å². The Morgan fingerprint density at radius 1 is 0.520 bits per heavy atom. The van der Waals surface area contributed by atoms with Crippen LogP contribution in [0.25, 0.3) is 0 Å². The minimum absolute atomic E-state index is 1.11. The van der Waals surface area contributed by atoms with Crippen molar-refractivity contribution in [2.45, 2.75) is 50.4 Å². The minimum atomic E-state index is -1.74. The maximum atomic E-state index is 6.80. The highest BCUT2D eigenvalue weighted by Gasteiger charge is 2.36. The van der Waals surface area contributed by atoms with Gasteiger partial charge in [0.1, 0.15) is 16.1 Å². The molecule has 0 aromatic rings. The van der Waals surface area contributed by atoms with Gasteiger partial charge in [-0.05, 0) is 50.4 Å². The first kappa shape index (κ1) is 24.3. The Bertz CT molecular complexity index is 430. The molecule has 0 amide bonds. The lowest BCUT2D eigenvalue weighted by molar-refractivity contribution is 0.541. The van der Waals surface area contributed by atoms with Gasteiger partial charge in [0.2, 0.25) is 0 Å². The molecular weight excluding hydrogens is 369 g/mol. The Morgan fingerprint density at radius 2 is 0.760 bits per heavy atom. The summed E-state index contributed by atoms with van der Waals surface area (Å²) in [5.41, 5.74) is 12.5. The van der Waals surface area contributed by atoms with Gasteiger partial charge >= 0.3 is 0 Å². The van der Waals surface area contributed by atoms with Gasteiger partial charge in [-0.1, -0.05) is 34.2 Å². The Morgan fingerprint density at radius 3 is 0.960 bits per heavy atom. The van der Waals surface area contributed by atoms with Gasteiger partial charge in [0.05, 0.1) is 0 Å². The Kier molecular flexibility index (Phi) is 9.54. The summed E-state index contributed by atoms with van der Waals surface area (Å²) in [5.74, 6) is 0. The molecule has 0 saturated heterocycles. The molecule has 0 fully saturated rings. The first-order valence-electron chi connectivity index (χ1n) is 9.00. The van der Waals surface area contributed by atoms with E-state index in [1.54, 1.807) is 0 Å². The van der Waals surface area contributed by atoms with E-state index in [-0.39, 0.29) is 0 Å². The highest BCUT2D eigenvalue weighted by molar-refractivity contribution is 6.95. The molecule has 0 aliphatic rings. The summed E-state index contributed by atoms with van der Waals surface area (Å²) in [6.45, 7) is 33.5. The van der Waals surface area contributed by atoms with Crippen molar-refractivity contribution in [2.75, 3.05) is 0 Å². The van der Waals surface area contributed by atoms with E-state index in [0.29, 0.717) is 0 Å². The van der Waals surface area contributed by atoms with Crippen molar-refractivity contribution in [1.82, 2.24) is 0 Å². The van der Waals surface area contributed by atoms with E-state index in [4.69, 9.17) is 4.12 Å². The summed E-state index contributed by atoms with van der Waals surface area (Å²) in [6.07, 6.45) is 0. The zero-order valence-corrected chi connectivity index (χ0v) is 20.9. The van der Waals surface area contributed by atoms with Crippen LogP contribution in [0.3, 0.4) is 0 Å². The smallest absolute Gasteiger partial charge is 0.173 e. The van der Waals surface area contributed by atoms with E-state index in [0.717, 1.165) is 24.2 Å². The van der Waals surface area contributed by atoms with Crippen molar-refractivity contribution in [1.29, 1.82) is 0 Å². The second-order valence-corrected chi connectivity index (χ2v) is 24.8. The third-order valence-corrected chi connectivity index (χ3v) is 20.3. The van der Waals surface area contributed by atoms with Crippen molar-refractivity contribution in [3.63, 3.8) is 0 Å². The first-order chi connectivity index (χ1) is 11.5. The van der Waals surface area contributed by atoms with Gasteiger partial charge in [0, 0.05) is 0 Å². The molecule has 0 aliphatic carbocycles. The number of rotatable bonds is 14. The fourth-order valence-corrected chi connectivity index (χ4v) is 20.3. The van der Waals surface area contributed by atoms with Crippen LogP contribution in [0.1, 0.15) is 0 Å². The minimum Gasteiger partial charge on any atom is -0.456 e. The predicted molar refractivity (Wildman–Crippen MR) is 128 cm³/mol. The van der Waals surface area contributed by atoms with Crippen LogP contribution in [-0.2, 0) is 4.12 Å². The third kappa shape index (κ3) is 7.58. The zero-order chi connectivity index (χ0) is 19.8. The Labute approximate surface area is 160 Å². The summed E-state index contributed by atoms with van der Waals surface area (Å²) >= 11 is 0. The van der Waals surface area contributed by atoms with Crippen molar-refractivity contribution in [3.05, 3.63) is 73.7 Å². The molecule has 140 valence electrons. The summed E-state index contributed by atoms with van der Waals surface area (Å²) < 4.78 is 6.80. The van der Waals surface area contributed by atoms with Gasteiger partial charge in [-0.15, -0.1) is 39.5 Å². The highest BCUT2D eigenvalue weighted by atomic mass is 28.4. The van der Waals surface area contributed by atoms with E-state index in [9.17, 15) is 0 Å². The predicted octanol–water partition coefficient (Wildman–Crippen LogP) is 6.66. The number of hydrogen-bond donors (Lipinski definition) is 0. The molecule has 25 heavy (non-hydrogen) atoms. The van der Waals surface area contributed by atoms with Gasteiger partial charge in [0.15, 0.2) is 16.6 Å². The lowest BCUT2D eigenvalue weighted by atomic mass is 10.9. The average molecular weight is 407 g/mol. The summed E-state index contributed by atoms with van der Waals surface area (Å²) in [7, 11) is -6.95. The van der Waals surface area contributed by atoms with Gasteiger partial charge < -0.3 is 4.12 Å². The van der Waals surface area contributed by atoms with E-state index >= 15 is 0 Å². The van der Waals surface area contributed by atoms with Crippen LogP contribution in [0.2, 0.25) is 50.4 Å². The molecule has 0 rings (SSSR count). The Balaban J connectivity index is 4.95. The fourth-order valence-electron chi connectivity index (χ4n) is 3.00. The summed E-state index contributed by atoms with van der Waals surface area (Å²) in [4.78, 5) is 0. The molecule has 0 spiro atoms. The SMILES string of the molecule is C=C[Si](C=C)(C=C)CC[Si](C)(C)O[Si](C)(C)CC[Si](C=C)(C=C)C=C. The van der Waals surface area contributed by atoms with E-state index < -0.39 is 32.8 Å². The molecule has 0 saturated carbocycles. The Hall–Kier alpha value is -0.732. The quantitative estimate of drug-likeness (QED) is 0.293. The van der Waals surface area contributed by atoms with E-state index in [1.807, 2.05) is 0 Å². The molecule has 1 nitrogen and oxygen atoms in total. The maximum absolute atomic E-state index is 6.80. The van der Waals surface area contributed by atoms with Crippen molar-refractivity contribution in [3.8, 4) is 0 Å². The van der Waals surface area contributed by atoms with Crippen LogP contribution in [0.15, 0.2) is 73.7 Å². The molecule has 0 bridgehead atoms. The fraction of sp³-hybridized carbons (Fsp3) is 0.400. The van der Waals surface area contributed by atoms with E-state index in [2.05, 4.69) is 99.9 Å². The van der Waals surface area contributed by atoms with Crippen LogP contribution in [-0.4, -0.2) is 32.8 Å². The van der Waals surface area contributed by atoms with Gasteiger partial charge in [-0.25, -0.2) is 0 Å². The summed E-state index contributed by atoms with van der Waals surface area (Å²) in [6, 6.07) is 4.48. The van der Waals surface area contributed by atoms with Gasteiger partial charge in [0.25, 0.3) is 0 Å². The van der Waals surface area contributed by atoms with Crippen LogP contribution in [0, 0.1) is 0 Å². The molecule has 0 heterocycles. The zero-order valence-electron chi connectivity index (χ0n) is 16.9. The van der Waals surface area contributed by atoms with Crippen LogP contribution in [0.5, 0.6) is 0 Å². The van der Waals surface area contributed by atoms with E-state index in [1.165, 1.54) is 0 Å². The van der Waals surface area contributed by atoms with Crippen molar-refractivity contribution in [2.24, 2.45) is 0 Å². The second kappa shape index (κ2) is 9.82. The number of hydrogen-bond acceptors (Lipinski definition) is 1. The molecule has 0 radical (unpaired) electrons. The first-order valence-corrected chi connectivity index (χ1v) is 20.1. The molecule has 0 aromatic carbocycles. The molecule has 0 aliphatic heterocycles. The normalized spacial score (nSPS) is 13.0. The largest absolute Gasteiger partial charge is 0.456 e. The lowest BCUT2D eigenvalue weighted by Gasteiger charge is -2.36.